The molecule has 2 unspecified atom stereocenters. The van der Waals surface area contributed by atoms with Gasteiger partial charge in [-0.2, -0.15) is 0 Å². The molecular formula is C17H24ClNO4S. The largest absolute Gasteiger partial charge is 0.481 e. The van der Waals surface area contributed by atoms with Crippen LogP contribution in [-0.4, -0.2) is 49.4 Å². The highest BCUT2D eigenvalue weighted by molar-refractivity contribution is 7.91. The van der Waals surface area contributed by atoms with E-state index >= 15 is 0 Å². The fourth-order valence-corrected chi connectivity index (χ4v) is 4.76. The van der Waals surface area contributed by atoms with Crippen LogP contribution in [0.25, 0.3) is 0 Å². The lowest BCUT2D eigenvalue weighted by Gasteiger charge is -2.30. The van der Waals surface area contributed by atoms with Crippen LogP contribution in [0.1, 0.15) is 33.1 Å². The summed E-state index contributed by atoms with van der Waals surface area (Å²) in [7, 11) is -3.04. The predicted molar refractivity (Wildman–Crippen MR) is 95.2 cm³/mol. The molecule has 134 valence electrons. The van der Waals surface area contributed by atoms with Gasteiger partial charge in [-0.05, 0) is 38.0 Å². The van der Waals surface area contributed by atoms with E-state index in [-0.39, 0.29) is 23.5 Å². The molecule has 0 aliphatic carbocycles. The number of benzene rings is 1. The van der Waals surface area contributed by atoms with Crippen molar-refractivity contribution in [3.63, 3.8) is 0 Å². The van der Waals surface area contributed by atoms with Gasteiger partial charge in [0, 0.05) is 17.6 Å². The quantitative estimate of drug-likeness (QED) is 0.737. The molecule has 1 fully saturated rings. The van der Waals surface area contributed by atoms with E-state index in [1.54, 1.807) is 36.1 Å². The number of halogens is 1. The van der Waals surface area contributed by atoms with Crippen LogP contribution in [0.3, 0.4) is 0 Å². The second-order valence-electron chi connectivity index (χ2n) is 6.16. The van der Waals surface area contributed by atoms with Crippen molar-refractivity contribution in [2.75, 3.05) is 18.1 Å². The first kappa shape index (κ1) is 19.1. The van der Waals surface area contributed by atoms with E-state index in [1.165, 1.54) is 0 Å². The molecule has 1 amide bonds. The molecule has 1 saturated heterocycles. The Hall–Kier alpha value is -1.27. The number of nitrogens with zero attached hydrogens (tertiary/aromatic N) is 1. The Balaban J connectivity index is 2.08. The second-order valence-corrected chi connectivity index (χ2v) is 8.82. The summed E-state index contributed by atoms with van der Waals surface area (Å²) in [6.07, 6.45) is 1.59. The van der Waals surface area contributed by atoms with Crippen LogP contribution in [0.4, 0.5) is 0 Å². The smallest absolute Gasteiger partial charge is 0.263 e. The lowest BCUT2D eigenvalue weighted by molar-refractivity contribution is -0.140. The highest BCUT2D eigenvalue weighted by Gasteiger charge is 2.36. The van der Waals surface area contributed by atoms with Crippen molar-refractivity contribution in [3.8, 4) is 5.75 Å². The number of ether oxygens (including phenoxy) is 1. The van der Waals surface area contributed by atoms with E-state index in [0.717, 1.165) is 12.8 Å². The van der Waals surface area contributed by atoms with Gasteiger partial charge in [0.1, 0.15) is 5.75 Å². The molecule has 7 heteroatoms. The van der Waals surface area contributed by atoms with Gasteiger partial charge in [0.25, 0.3) is 5.91 Å². The lowest BCUT2D eigenvalue weighted by Crippen LogP contribution is -2.47. The molecule has 0 N–H and O–H groups in total. The van der Waals surface area contributed by atoms with Gasteiger partial charge in [-0.1, -0.05) is 31.0 Å². The third-order valence-corrected chi connectivity index (χ3v) is 6.13. The second kappa shape index (κ2) is 8.21. The summed E-state index contributed by atoms with van der Waals surface area (Å²) in [5, 5.41) is 0.539. The van der Waals surface area contributed by atoms with Crippen molar-refractivity contribution < 1.29 is 17.9 Å². The summed E-state index contributed by atoms with van der Waals surface area (Å²) in [4.78, 5) is 14.5. The normalized spacial score (nSPS) is 20.5. The standard InChI is InChI=1S/C17H24ClNO4S/c1-3-4-9-19(15-8-10-24(21,22)12-15)17(20)13(2)23-16-7-5-6-14(18)11-16/h5-7,11,13,15H,3-4,8-10,12H2,1-2H3. The van der Waals surface area contributed by atoms with E-state index in [0.29, 0.717) is 23.7 Å². The van der Waals surface area contributed by atoms with Gasteiger partial charge >= 0.3 is 0 Å². The predicted octanol–water partition coefficient (Wildman–Crippen LogP) is 2.92. The molecule has 2 atom stereocenters. The first-order valence-electron chi connectivity index (χ1n) is 8.25. The Morgan fingerprint density at radius 1 is 1.46 bits per heavy atom. The highest BCUT2D eigenvalue weighted by Crippen LogP contribution is 2.22. The number of carbonyl (C=O) groups excluding carboxylic acids is 1. The average Bonchev–Trinajstić information content (AvgIpc) is 2.87. The van der Waals surface area contributed by atoms with Crippen molar-refractivity contribution in [2.24, 2.45) is 0 Å². The topological polar surface area (TPSA) is 63.7 Å². The number of sulfone groups is 1. The summed E-state index contributed by atoms with van der Waals surface area (Å²) in [5.41, 5.74) is 0. The third kappa shape index (κ3) is 5.11. The van der Waals surface area contributed by atoms with Gasteiger partial charge in [0.2, 0.25) is 0 Å². The highest BCUT2D eigenvalue weighted by atomic mass is 35.5. The van der Waals surface area contributed by atoms with Crippen LogP contribution in [0.5, 0.6) is 5.75 Å². The van der Waals surface area contributed by atoms with Crippen LogP contribution < -0.4 is 4.74 Å². The van der Waals surface area contributed by atoms with Gasteiger partial charge in [-0.3, -0.25) is 4.79 Å². The summed E-state index contributed by atoms with van der Waals surface area (Å²) >= 11 is 5.93. The zero-order valence-electron chi connectivity index (χ0n) is 14.1. The zero-order chi connectivity index (χ0) is 17.7. The summed E-state index contributed by atoms with van der Waals surface area (Å²) in [6, 6.07) is 6.64. The number of rotatable bonds is 7. The zero-order valence-corrected chi connectivity index (χ0v) is 15.6. The Labute approximate surface area is 148 Å². The maximum atomic E-state index is 12.8. The number of unbranched alkanes of at least 4 members (excludes halogenated alkanes) is 1. The Morgan fingerprint density at radius 2 is 2.21 bits per heavy atom. The fourth-order valence-electron chi connectivity index (χ4n) is 2.85. The lowest BCUT2D eigenvalue weighted by atomic mass is 10.1. The molecule has 0 aromatic heterocycles. The molecule has 1 aliphatic rings. The Kier molecular flexibility index (Phi) is 6.52. The molecule has 0 bridgehead atoms. The monoisotopic (exact) mass is 373 g/mol. The summed E-state index contributed by atoms with van der Waals surface area (Å²) in [6.45, 7) is 4.28. The van der Waals surface area contributed by atoms with Crippen LogP contribution in [0, 0.1) is 0 Å². The maximum absolute atomic E-state index is 12.8. The van der Waals surface area contributed by atoms with Crippen molar-refractivity contribution in [1.82, 2.24) is 4.90 Å². The van der Waals surface area contributed by atoms with Crippen LogP contribution >= 0.6 is 11.6 Å². The SMILES string of the molecule is CCCCN(C(=O)C(C)Oc1cccc(Cl)c1)C1CCS(=O)(=O)C1. The van der Waals surface area contributed by atoms with E-state index in [4.69, 9.17) is 16.3 Å². The van der Waals surface area contributed by atoms with Gasteiger partial charge < -0.3 is 9.64 Å². The van der Waals surface area contributed by atoms with E-state index in [1.807, 2.05) is 6.92 Å². The van der Waals surface area contributed by atoms with Crippen molar-refractivity contribution >= 4 is 27.3 Å². The summed E-state index contributed by atoms with van der Waals surface area (Å²) < 4.78 is 29.2. The first-order valence-corrected chi connectivity index (χ1v) is 10.5. The van der Waals surface area contributed by atoms with Crippen molar-refractivity contribution in [2.45, 2.75) is 45.3 Å². The molecule has 1 heterocycles. The van der Waals surface area contributed by atoms with E-state index in [9.17, 15) is 13.2 Å². The molecule has 5 nitrogen and oxygen atoms in total. The van der Waals surface area contributed by atoms with E-state index < -0.39 is 15.9 Å². The number of carbonyl (C=O) groups is 1. The van der Waals surface area contributed by atoms with Gasteiger partial charge in [-0.15, -0.1) is 0 Å². The molecule has 0 radical (unpaired) electrons. The van der Waals surface area contributed by atoms with Crippen LogP contribution in [-0.2, 0) is 14.6 Å². The third-order valence-electron chi connectivity index (χ3n) is 4.14. The molecule has 1 aromatic rings. The molecule has 24 heavy (non-hydrogen) atoms. The number of hydrogen-bond acceptors (Lipinski definition) is 4. The molecule has 2 rings (SSSR count). The minimum Gasteiger partial charge on any atom is -0.481 e. The minimum atomic E-state index is -3.04. The molecule has 1 aromatic carbocycles. The van der Waals surface area contributed by atoms with E-state index in [2.05, 4.69) is 0 Å². The minimum absolute atomic E-state index is 0.0480. The van der Waals surface area contributed by atoms with Gasteiger partial charge in [-0.25, -0.2) is 8.42 Å². The molecule has 1 aliphatic heterocycles. The number of hydrogen-bond donors (Lipinski definition) is 0. The molecule has 0 saturated carbocycles. The van der Waals surface area contributed by atoms with Gasteiger partial charge in [0.15, 0.2) is 15.9 Å². The molecule has 0 spiro atoms. The fraction of sp³-hybridized carbons (Fsp3) is 0.588. The molecular weight excluding hydrogens is 350 g/mol. The van der Waals surface area contributed by atoms with Crippen LogP contribution in [0.15, 0.2) is 24.3 Å². The Bertz CT molecular complexity index is 677. The number of amides is 1. The maximum Gasteiger partial charge on any atom is 0.263 e. The van der Waals surface area contributed by atoms with Crippen molar-refractivity contribution in [3.05, 3.63) is 29.3 Å². The summed E-state index contributed by atoms with van der Waals surface area (Å²) in [5.74, 6) is 0.548. The van der Waals surface area contributed by atoms with Crippen LogP contribution in [0.2, 0.25) is 5.02 Å². The van der Waals surface area contributed by atoms with Crippen molar-refractivity contribution in [1.29, 1.82) is 0 Å². The van der Waals surface area contributed by atoms with Gasteiger partial charge in [0.05, 0.1) is 11.5 Å². The Morgan fingerprint density at radius 3 is 2.79 bits per heavy atom. The average molecular weight is 374 g/mol. The first-order chi connectivity index (χ1) is 11.3.